The molecule has 0 bridgehead atoms. The molecule has 3 rings (SSSR count). The predicted octanol–water partition coefficient (Wildman–Crippen LogP) is 5.41. The van der Waals surface area contributed by atoms with Crippen molar-refractivity contribution >= 4 is 23.4 Å². The van der Waals surface area contributed by atoms with E-state index in [1.165, 1.54) is 11.0 Å². The van der Waals surface area contributed by atoms with Gasteiger partial charge in [-0.3, -0.25) is 9.59 Å². The van der Waals surface area contributed by atoms with Gasteiger partial charge in [-0.05, 0) is 50.6 Å². The molecule has 0 fully saturated rings. The van der Waals surface area contributed by atoms with E-state index in [9.17, 15) is 14.0 Å². The van der Waals surface area contributed by atoms with Gasteiger partial charge >= 0.3 is 0 Å². The minimum absolute atomic E-state index is 0.0839. The maximum Gasteiger partial charge on any atom is 0.261 e. The van der Waals surface area contributed by atoms with Gasteiger partial charge in [0.15, 0.2) is 6.61 Å². The summed E-state index contributed by atoms with van der Waals surface area (Å²) in [4.78, 5) is 28.3. The number of nitrogens with zero attached hydrogens (tertiary/aromatic N) is 1. The van der Waals surface area contributed by atoms with Gasteiger partial charge in [-0.15, -0.1) is 0 Å². The van der Waals surface area contributed by atoms with E-state index in [1.54, 1.807) is 42.5 Å². The van der Waals surface area contributed by atoms with Crippen LogP contribution in [0.1, 0.15) is 31.9 Å². The normalized spacial score (nSPS) is 12.0. The minimum atomic E-state index is -0.883. The third kappa shape index (κ3) is 8.11. The van der Waals surface area contributed by atoms with Crippen molar-refractivity contribution < 1.29 is 18.7 Å². The van der Waals surface area contributed by atoms with E-state index >= 15 is 0 Å². The van der Waals surface area contributed by atoms with Gasteiger partial charge in [0, 0.05) is 29.1 Å². The summed E-state index contributed by atoms with van der Waals surface area (Å²) in [7, 11) is 0. The van der Waals surface area contributed by atoms with Gasteiger partial charge in [0.1, 0.15) is 17.6 Å². The highest BCUT2D eigenvalue weighted by Crippen LogP contribution is 2.20. The Morgan fingerprint density at radius 3 is 2.34 bits per heavy atom. The number of rotatable bonds is 9. The lowest BCUT2D eigenvalue weighted by Gasteiger charge is -2.33. The molecule has 3 aromatic rings. The van der Waals surface area contributed by atoms with Gasteiger partial charge < -0.3 is 15.0 Å². The van der Waals surface area contributed by atoms with Gasteiger partial charge in [-0.25, -0.2) is 4.39 Å². The van der Waals surface area contributed by atoms with Crippen molar-refractivity contribution in [3.05, 3.63) is 101 Å². The minimum Gasteiger partial charge on any atom is -0.484 e. The maximum absolute atomic E-state index is 14.6. The summed E-state index contributed by atoms with van der Waals surface area (Å²) in [6.07, 6.45) is 0.264. The third-order valence-corrected chi connectivity index (χ3v) is 5.46. The molecule has 7 heteroatoms. The largest absolute Gasteiger partial charge is 0.484 e. The van der Waals surface area contributed by atoms with Crippen LogP contribution in [-0.2, 0) is 22.6 Å². The molecule has 5 nitrogen and oxygen atoms in total. The predicted molar refractivity (Wildman–Crippen MR) is 136 cm³/mol. The van der Waals surface area contributed by atoms with E-state index in [4.69, 9.17) is 16.3 Å². The van der Waals surface area contributed by atoms with E-state index < -0.39 is 23.3 Å². The van der Waals surface area contributed by atoms with Crippen LogP contribution >= 0.6 is 11.6 Å². The Morgan fingerprint density at radius 2 is 1.69 bits per heavy atom. The lowest BCUT2D eigenvalue weighted by atomic mass is 10.0. The molecular formula is C28H30ClFN2O3. The Kier molecular flexibility index (Phi) is 8.88. The zero-order valence-corrected chi connectivity index (χ0v) is 20.9. The van der Waals surface area contributed by atoms with Gasteiger partial charge in [0.25, 0.3) is 5.91 Å². The van der Waals surface area contributed by atoms with Crippen LogP contribution in [0.15, 0.2) is 78.9 Å². The molecule has 0 heterocycles. The number of ether oxygens (including phenoxy) is 1. The first-order valence-electron chi connectivity index (χ1n) is 11.4. The second-order valence-corrected chi connectivity index (χ2v) is 9.74. The van der Waals surface area contributed by atoms with Crippen LogP contribution in [0.5, 0.6) is 5.75 Å². The van der Waals surface area contributed by atoms with Crippen LogP contribution in [0.2, 0.25) is 5.02 Å². The number of carbonyl (C=O) groups excluding carboxylic acids is 2. The van der Waals surface area contributed by atoms with E-state index in [0.717, 1.165) is 5.56 Å². The van der Waals surface area contributed by atoms with Crippen LogP contribution < -0.4 is 10.1 Å². The van der Waals surface area contributed by atoms with Crippen molar-refractivity contribution in [2.75, 3.05) is 6.61 Å². The molecule has 2 amide bonds. The maximum atomic E-state index is 14.6. The standard InChI is InChI=1S/C28H30ClFN2O3/c1-28(2,3)31-27(34)25(16-20-10-5-4-6-11-20)32(18-21-12-7-8-15-24(21)30)26(33)19-35-23-14-9-13-22(29)17-23/h4-15,17,25H,16,18-19H2,1-3H3,(H,31,34)/t25-/m0/s1. The lowest BCUT2D eigenvalue weighted by molar-refractivity contribution is -0.143. The van der Waals surface area contributed by atoms with Crippen molar-refractivity contribution in [3.8, 4) is 5.75 Å². The molecular weight excluding hydrogens is 467 g/mol. The monoisotopic (exact) mass is 496 g/mol. The number of nitrogens with one attached hydrogen (secondary N) is 1. The molecule has 0 spiro atoms. The Balaban J connectivity index is 1.94. The van der Waals surface area contributed by atoms with E-state index in [-0.39, 0.29) is 25.5 Å². The smallest absolute Gasteiger partial charge is 0.261 e. The average molecular weight is 497 g/mol. The molecule has 0 aliphatic carbocycles. The summed E-state index contributed by atoms with van der Waals surface area (Å²) < 4.78 is 20.3. The number of hydrogen-bond acceptors (Lipinski definition) is 3. The van der Waals surface area contributed by atoms with Crippen molar-refractivity contribution in [2.45, 2.75) is 45.3 Å². The SMILES string of the molecule is CC(C)(C)NC(=O)[C@H](Cc1ccccc1)N(Cc1ccccc1F)C(=O)COc1cccc(Cl)c1. The number of amides is 2. The van der Waals surface area contributed by atoms with Crippen molar-refractivity contribution in [1.29, 1.82) is 0 Å². The summed E-state index contributed by atoms with van der Waals surface area (Å²) in [5, 5.41) is 3.45. The van der Waals surface area contributed by atoms with Gasteiger partial charge in [-0.1, -0.05) is 66.2 Å². The molecule has 0 aliphatic rings. The Morgan fingerprint density at radius 1 is 1.00 bits per heavy atom. The Hall–Kier alpha value is -3.38. The van der Waals surface area contributed by atoms with Crippen LogP contribution in [-0.4, -0.2) is 34.9 Å². The van der Waals surface area contributed by atoms with Crippen LogP contribution in [0.25, 0.3) is 0 Å². The molecule has 3 aromatic carbocycles. The molecule has 0 saturated heterocycles. The summed E-state index contributed by atoms with van der Waals surface area (Å²) in [6.45, 7) is 5.20. The second-order valence-electron chi connectivity index (χ2n) is 9.30. The summed E-state index contributed by atoms with van der Waals surface area (Å²) >= 11 is 6.02. The fourth-order valence-corrected chi connectivity index (χ4v) is 3.78. The molecule has 0 unspecified atom stereocenters. The first kappa shape index (κ1) is 26.2. The van der Waals surface area contributed by atoms with Crippen LogP contribution in [0.3, 0.4) is 0 Å². The van der Waals surface area contributed by atoms with Crippen LogP contribution in [0, 0.1) is 5.82 Å². The zero-order valence-electron chi connectivity index (χ0n) is 20.1. The van der Waals surface area contributed by atoms with Gasteiger partial charge in [-0.2, -0.15) is 0 Å². The van der Waals surface area contributed by atoms with E-state index in [1.807, 2.05) is 51.1 Å². The van der Waals surface area contributed by atoms with E-state index in [2.05, 4.69) is 5.32 Å². The highest BCUT2D eigenvalue weighted by Gasteiger charge is 2.33. The quantitative estimate of drug-likeness (QED) is 0.430. The topological polar surface area (TPSA) is 58.6 Å². The highest BCUT2D eigenvalue weighted by atomic mass is 35.5. The van der Waals surface area contributed by atoms with Gasteiger partial charge in [0.2, 0.25) is 5.91 Å². The van der Waals surface area contributed by atoms with Crippen LogP contribution in [0.4, 0.5) is 4.39 Å². The Labute approximate surface area is 210 Å². The van der Waals surface area contributed by atoms with Gasteiger partial charge in [0.05, 0.1) is 0 Å². The fourth-order valence-electron chi connectivity index (χ4n) is 3.60. The molecule has 0 saturated carbocycles. The summed E-state index contributed by atoms with van der Waals surface area (Å²) in [6, 6.07) is 21.5. The average Bonchev–Trinajstić information content (AvgIpc) is 2.80. The van der Waals surface area contributed by atoms with Crippen molar-refractivity contribution in [2.24, 2.45) is 0 Å². The number of hydrogen-bond donors (Lipinski definition) is 1. The lowest BCUT2D eigenvalue weighted by Crippen LogP contribution is -2.55. The summed E-state index contributed by atoms with van der Waals surface area (Å²) in [5.41, 5.74) is 0.671. The van der Waals surface area contributed by atoms with Crippen molar-refractivity contribution in [3.63, 3.8) is 0 Å². The summed E-state index contributed by atoms with van der Waals surface area (Å²) in [5.74, 6) is -0.793. The molecule has 1 N–H and O–H groups in total. The molecule has 35 heavy (non-hydrogen) atoms. The van der Waals surface area contributed by atoms with E-state index in [0.29, 0.717) is 16.3 Å². The molecule has 184 valence electrons. The fraction of sp³-hybridized carbons (Fsp3) is 0.286. The number of carbonyl (C=O) groups is 2. The zero-order chi connectivity index (χ0) is 25.4. The third-order valence-electron chi connectivity index (χ3n) is 5.23. The first-order chi connectivity index (χ1) is 16.6. The number of halogens is 2. The Bertz CT molecular complexity index is 1150. The second kappa shape index (κ2) is 11.8. The van der Waals surface area contributed by atoms with Crippen molar-refractivity contribution in [1.82, 2.24) is 10.2 Å². The molecule has 1 atom stereocenters. The first-order valence-corrected chi connectivity index (χ1v) is 11.8. The number of benzene rings is 3. The molecule has 0 radical (unpaired) electrons. The highest BCUT2D eigenvalue weighted by molar-refractivity contribution is 6.30. The molecule has 0 aliphatic heterocycles. The molecule has 0 aromatic heterocycles.